The zero-order chi connectivity index (χ0) is 29.3. The Hall–Kier alpha value is -0.1000. The Kier molecular flexibility index (Phi) is 26.9. The average Bonchev–Trinajstić information content (AvgIpc) is 3.78. The first kappa shape index (κ1) is 50.0. The fourth-order valence-electron chi connectivity index (χ4n) is 5.06. The minimum absolute atomic E-state index is 0. The van der Waals surface area contributed by atoms with E-state index in [1.165, 1.54) is 65.8 Å². The standard InChI is InChI=1S/2C10H12SSi.2C9H7.4ClH.2Zr/c1-12(2)7-8-3-9-5-11-6-10(9)4-8;1-12(2)7-8-5-9-3-4-11-10(9)6-8;2*1-2-5-9-7-3-6-8(9)4-1;;;;;;/h3-5,7H,6H2,1-2H3;3,5-7H,4H2,1-2H3;2*1-7H;4*1H;;/q;;2*-1;;;;;2*+4/p-4. The van der Waals surface area contributed by atoms with Crippen LogP contribution in [-0.2, 0) is 52.4 Å². The molecule has 0 unspecified atom stereocenters. The molecule has 0 bridgehead atoms. The topological polar surface area (TPSA) is 0 Å². The Bertz CT molecular complexity index is 1640. The summed E-state index contributed by atoms with van der Waals surface area (Å²) in [5, 5.41) is 7.59. The number of rotatable bonds is 2. The van der Waals surface area contributed by atoms with Gasteiger partial charge >= 0.3 is 52.4 Å². The van der Waals surface area contributed by atoms with Crippen molar-refractivity contribution in [2.24, 2.45) is 0 Å². The van der Waals surface area contributed by atoms with Crippen LogP contribution in [0.25, 0.3) is 21.5 Å². The van der Waals surface area contributed by atoms with Crippen molar-refractivity contribution in [2.45, 2.75) is 26.2 Å². The van der Waals surface area contributed by atoms with Crippen molar-refractivity contribution >= 4 is 73.2 Å². The van der Waals surface area contributed by atoms with Crippen molar-refractivity contribution in [3.63, 3.8) is 0 Å². The number of halogens is 4. The fraction of sp³-hybridized carbons (Fsp3) is 0.158. The Morgan fingerprint density at radius 1 is 0.625 bits per heavy atom. The second kappa shape index (κ2) is 25.8. The zero-order valence-corrected chi connectivity index (χ0v) is 39.0. The zero-order valence-electron chi connectivity index (χ0n) is 27.4. The van der Waals surface area contributed by atoms with Crippen molar-refractivity contribution in [3.8, 4) is 0 Å². The molecular weight excluding hydrogens is 901 g/mol. The van der Waals surface area contributed by atoms with E-state index in [0.29, 0.717) is 0 Å². The van der Waals surface area contributed by atoms with Gasteiger partial charge < -0.3 is 49.6 Å². The number of hydrogen-bond donors (Lipinski definition) is 0. The Balaban J connectivity index is 0. The minimum Gasteiger partial charge on any atom is -1.00 e. The van der Waals surface area contributed by atoms with E-state index in [2.05, 4.69) is 158 Å². The molecule has 0 nitrogen and oxygen atoms in total. The molecule has 0 saturated heterocycles. The summed E-state index contributed by atoms with van der Waals surface area (Å²) in [6.45, 7) is 9.28. The van der Waals surface area contributed by atoms with Gasteiger partial charge in [0.25, 0.3) is 0 Å². The van der Waals surface area contributed by atoms with Crippen LogP contribution in [0, 0.1) is 0 Å². The molecule has 2 heterocycles. The molecule has 8 rings (SSSR count). The molecule has 0 aromatic heterocycles. The molecule has 4 aromatic carbocycles. The monoisotopic (exact) mass is 934 g/mol. The molecule has 0 amide bonds. The van der Waals surface area contributed by atoms with Crippen LogP contribution in [0.2, 0.25) is 26.2 Å². The van der Waals surface area contributed by atoms with Gasteiger partial charge in [-0.2, -0.15) is 35.0 Å². The van der Waals surface area contributed by atoms with Crippen molar-refractivity contribution in [3.05, 3.63) is 153 Å². The van der Waals surface area contributed by atoms with Crippen molar-refractivity contribution < 1.29 is 102 Å². The first-order valence-corrected chi connectivity index (χ1v) is 21.7. The number of benzene rings is 2. The number of hydrogen-bond acceptors (Lipinski definition) is 2. The average molecular weight is 939 g/mol. The maximum atomic E-state index is 2.42. The maximum Gasteiger partial charge on any atom is 4.00 e. The van der Waals surface area contributed by atoms with Gasteiger partial charge in [0, 0.05) is 33.2 Å². The minimum atomic E-state index is -0.222. The molecule has 0 spiro atoms. The molecule has 0 radical (unpaired) electrons. The van der Waals surface area contributed by atoms with Crippen LogP contribution in [0.5, 0.6) is 0 Å². The third-order valence-corrected chi connectivity index (χ3v) is 10.7. The van der Waals surface area contributed by atoms with E-state index < -0.39 is 0 Å². The summed E-state index contributed by atoms with van der Waals surface area (Å²) in [6.07, 6.45) is 11.6. The quantitative estimate of drug-likeness (QED) is 0.175. The number of fused-ring (bicyclic) bond motifs is 4. The molecule has 244 valence electrons. The summed E-state index contributed by atoms with van der Waals surface area (Å²) in [5.41, 5.74) is 12.1. The van der Waals surface area contributed by atoms with Gasteiger partial charge in [0.15, 0.2) is 0 Å². The smallest absolute Gasteiger partial charge is 1.00 e. The Morgan fingerprint density at radius 3 is 1.60 bits per heavy atom. The van der Waals surface area contributed by atoms with Gasteiger partial charge in [-0.05, 0) is 51.5 Å². The van der Waals surface area contributed by atoms with E-state index in [1.54, 1.807) is 0 Å². The second-order valence-corrected chi connectivity index (χ2v) is 17.9. The fourth-order valence-corrected chi connectivity index (χ4v) is 8.61. The molecule has 2 aliphatic heterocycles. The molecule has 10 heteroatoms. The summed E-state index contributed by atoms with van der Waals surface area (Å²) in [5.74, 6) is 2.35. The first-order valence-electron chi connectivity index (χ1n) is 14.5. The van der Waals surface area contributed by atoms with Gasteiger partial charge in [-0.15, -0.1) is 82.8 Å². The third kappa shape index (κ3) is 15.2. The van der Waals surface area contributed by atoms with Gasteiger partial charge in [-0.3, -0.25) is 0 Å². The van der Waals surface area contributed by atoms with Crippen LogP contribution in [0.4, 0.5) is 0 Å². The predicted molar refractivity (Wildman–Crippen MR) is 200 cm³/mol. The molecule has 0 saturated carbocycles. The van der Waals surface area contributed by atoms with Crippen molar-refractivity contribution in [1.29, 1.82) is 0 Å². The van der Waals surface area contributed by atoms with Crippen LogP contribution >= 0.6 is 23.5 Å². The van der Waals surface area contributed by atoms with E-state index in [-0.39, 0.29) is 119 Å². The van der Waals surface area contributed by atoms with Crippen LogP contribution < -0.4 is 49.6 Å². The van der Waals surface area contributed by atoms with Gasteiger partial charge in [0.05, 0.1) is 0 Å². The van der Waals surface area contributed by atoms with Crippen LogP contribution in [0.3, 0.4) is 0 Å². The predicted octanol–water partition coefficient (Wildman–Crippen LogP) is -1.63. The van der Waals surface area contributed by atoms with Gasteiger partial charge in [-0.1, -0.05) is 61.8 Å². The van der Waals surface area contributed by atoms with E-state index in [0.717, 1.165) is 0 Å². The van der Waals surface area contributed by atoms with E-state index in [1.807, 2.05) is 23.5 Å². The first-order chi connectivity index (χ1) is 20.4. The van der Waals surface area contributed by atoms with Crippen molar-refractivity contribution in [1.82, 2.24) is 0 Å². The number of thioether (sulfide) groups is 2. The summed E-state index contributed by atoms with van der Waals surface area (Å²) >= 11 is 3.86. The third-order valence-electron chi connectivity index (χ3n) is 6.94. The van der Waals surface area contributed by atoms with Gasteiger partial charge in [-0.25, -0.2) is 0 Å². The molecule has 48 heavy (non-hydrogen) atoms. The molecule has 0 N–H and O–H groups in total. The van der Waals surface area contributed by atoms with Gasteiger partial charge in [0.1, 0.15) is 0 Å². The number of allylic oxidation sites excluding steroid dienone is 8. The molecular formula is C38H38Cl4S2Si2Zr2+2. The summed E-state index contributed by atoms with van der Waals surface area (Å²) in [6, 6.07) is 29.3. The second-order valence-electron chi connectivity index (χ2n) is 11.1. The summed E-state index contributed by atoms with van der Waals surface area (Å²) in [7, 11) is -0.442. The van der Waals surface area contributed by atoms with Gasteiger partial charge in [0.2, 0.25) is 0 Å². The summed E-state index contributed by atoms with van der Waals surface area (Å²) < 4.78 is 0. The van der Waals surface area contributed by atoms with Crippen molar-refractivity contribution in [2.75, 3.05) is 11.5 Å². The maximum absolute atomic E-state index is 2.42. The molecule has 0 atom stereocenters. The largest absolute Gasteiger partial charge is 4.00 e. The van der Waals surface area contributed by atoms with Crippen LogP contribution in [0.1, 0.15) is 0 Å². The molecule has 2 aliphatic carbocycles. The molecule has 0 fully saturated rings. The van der Waals surface area contributed by atoms with Crippen LogP contribution in [0.15, 0.2) is 153 Å². The van der Waals surface area contributed by atoms with E-state index in [4.69, 9.17) is 0 Å². The SMILES string of the molecule is C[Si](C)=CC1=CC2=CCSC2=C1.C[Si](C)=CC1=CC2=CSCC2=C1.[Cl-].[Cl-].[Cl-].[Cl-].[Zr+4].[Zr+4].c1ccc2[cH-]ccc2c1.c1ccc2[cH-]ccc2c1. The van der Waals surface area contributed by atoms with E-state index in [9.17, 15) is 0 Å². The molecule has 4 aromatic rings. The molecule has 4 aliphatic rings. The van der Waals surface area contributed by atoms with Crippen LogP contribution in [-0.4, -0.2) is 39.7 Å². The normalized spacial score (nSPS) is 13.7. The Morgan fingerprint density at radius 2 is 1.12 bits per heavy atom. The van der Waals surface area contributed by atoms with E-state index >= 15 is 0 Å². The Labute approximate surface area is 362 Å². The summed E-state index contributed by atoms with van der Waals surface area (Å²) in [4.78, 5) is 1.48.